The van der Waals surface area contributed by atoms with Crippen molar-refractivity contribution >= 4 is 62.3 Å². The number of rotatable bonds is 5. The maximum Gasteiger partial charge on any atom is 0.323 e. The van der Waals surface area contributed by atoms with Gasteiger partial charge in [0.1, 0.15) is 17.1 Å². The van der Waals surface area contributed by atoms with E-state index < -0.39 is 69.8 Å². The maximum absolute atomic E-state index is 14.1. The zero-order valence-corrected chi connectivity index (χ0v) is 25.9. The van der Waals surface area contributed by atoms with E-state index in [2.05, 4.69) is 26.6 Å². The number of aliphatic hydroxyl groups is 3. The van der Waals surface area contributed by atoms with Gasteiger partial charge in [-0.25, -0.2) is 4.79 Å². The van der Waals surface area contributed by atoms with Gasteiger partial charge in [-0.05, 0) is 68.8 Å². The van der Waals surface area contributed by atoms with E-state index in [4.69, 9.17) is 5.73 Å². The second-order valence-electron chi connectivity index (χ2n) is 11.6. The first-order chi connectivity index (χ1) is 20.6. The maximum atomic E-state index is 14.1. The predicted octanol–water partition coefficient (Wildman–Crippen LogP) is 2.44. The van der Waals surface area contributed by atoms with Crippen molar-refractivity contribution in [1.82, 2.24) is 4.90 Å². The van der Waals surface area contributed by atoms with Crippen molar-refractivity contribution in [3.8, 4) is 5.75 Å². The molecule has 5 rings (SSSR count). The van der Waals surface area contributed by atoms with Gasteiger partial charge in [-0.1, -0.05) is 15.9 Å². The van der Waals surface area contributed by atoms with Gasteiger partial charge in [0.05, 0.1) is 17.3 Å². The number of ketones is 2. The first-order valence-electron chi connectivity index (χ1n) is 13.6. The monoisotopic (exact) mass is 669 g/mol. The fourth-order valence-electron chi connectivity index (χ4n) is 6.60. The number of amides is 3. The third kappa shape index (κ3) is 4.69. The van der Waals surface area contributed by atoms with E-state index in [-0.39, 0.29) is 29.7 Å². The second-order valence-corrected chi connectivity index (χ2v) is 12.5. The van der Waals surface area contributed by atoms with Crippen LogP contribution in [0.1, 0.15) is 17.5 Å². The van der Waals surface area contributed by atoms with Crippen molar-refractivity contribution in [2.75, 3.05) is 43.7 Å². The van der Waals surface area contributed by atoms with Crippen LogP contribution in [0.5, 0.6) is 5.75 Å². The number of Topliss-reactive ketones (excluding diaryl/α,β-unsaturated/α-hetero) is 2. The number of phenolic OH excluding ortho intramolecular Hbond substituents is 1. The highest BCUT2D eigenvalue weighted by Crippen LogP contribution is 2.54. The number of aliphatic hydroxyl groups excluding tert-OH is 2. The normalized spacial score (nSPS) is 24.5. The largest absolute Gasteiger partial charge is 0.508 e. The molecule has 2 aromatic rings. The Morgan fingerprint density at radius 2 is 1.68 bits per heavy atom. The minimum absolute atomic E-state index is 0.0327. The highest BCUT2D eigenvalue weighted by atomic mass is 79.9. The molecule has 0 saturated heterocycles. The molecule has 0 heterocycles. The Morgan fingerprint density at radius 3 is 2.25 bits per heavy atom. The average Bonchev–Trinajstić information content (AvgIpc) is 2.93. The number of halogens is 1. The first kappa shape index (κ1) is 31.0. The Hall–Kier alpha value is -4.40. The van der Waals surface area contributed by atoms with Crippen LogP contribution in [-0.4, -0.2) is 88.7 Å². The number of phenols is 1. The number of benzene rings is 2. The lowest BCUT2D eigenvalue weighted by atomic mass is 9.57. The van der Waals surface area contributed by atoms with Gasteiger partial charge in [0.2, 0.25) is 5.78 Å². The van der Waals surface area contributed by atoms with E-state index in [1.165, 1.54) is 25.1 Å². The van der Waals surface area contributed by atoms with E-state index in [9.17, 15) is 39.6 Å². The molecule has 2 aromatic carbocycles. The van der Waals surface area contributed by atoms with Crippen molar-refractivity contribution < 1.29 is 39.6 Å². The molecule has 8 N–H and O–H groups in total. The van der Waals surface area contributed by atoms with Gasteiger partial charge < -0.3 is 41.7 Å². The molecule has 13 nitrogen and oxygen atoms in total. The van der Waals surface area contributed by atoms with Crippen LogP contribution in [-0.2, 0) is 20.8 Å². The summed E-state index contributed by atoms with van der Waals surface area (Å²) >= 11 is 3.32. The number of urea groups is 1. The fraction of sp³-hybridized carbons (Fsp3) is 0.333. The third-order valence-electron chi connectivity index (χ3n) is 8.53. The summed E-state index contributed by atoms with van der Waals surface area (Å²) in [5.41, 5.74) is 2.74. The highest BCUT2D eigenvalue weighted by molar-refractivity contribution is 9.10. The number of aromatic hydroxyl groups is 1. The molecule has 0 unspecified atom stereocenters. The lowest BCUT2D eigenvalue weighted by Crippen LogP contribution is -2.65. The van der Waals surface area contributed by atoms with Gasteiger partial charge in [-0.2, -0.15) is 0 Å². The molecular formula is C30H32BrN5O8. The zero-order valence-electron chi connectivity index (χ0n) is 24.3. The quantitative estimate of drug-likeness (QED) is 0.183. The third-order valence-corrected chi connectivity index (χ3v) is 9.06. The molecule has 232 valence electrons. The van der Waals surface area contributed by atoms with Gasteiger partial charge in [0.15, 0.2) is 17.1 Å². The summed E-state index contributed by atoms with van der Waals surface area (Å²) in [7, 11) is 6.54. The zero-order chi connectivity index (χ0) is 32.4. The van der Waals surface area contributed by atoms with Crippen LogP contribution in [0.3, 0.4) is 0 Å². The van der Waals surface area contributed by atoms with Crippen LogP contribution in [0.15, 0.2) is 51.7 Å². The Balaban J connectivity index is 1.63. The number of hydrogen-bond acceptors (Lipinski definition) is 10. The van der Waals surface area contributed by atoms with Crippen LogP contribution in [0, 0.1) is 11.8 Å². The van der Waals surface area contributed by atoms with Gasteiger partial charge in [-0.15, -0.1) is 0 Å². The lowest BCUT2D eigenvalue weighted by molar-refractivity contribution is -0.153. The summed E-state index contributed by atoms with van der Waals surface area (Å²) in [5, 5.41) is 51.0. The number of hydrogen-bond donors (Lipinski definition) is 7. The molecule has 0 aromatic heterocycles. The van der Waals surface area contributed by atoms with Crippen LogP contribution >= 0.6 is 15.9 Å². The van der Waals surface area contributed by atoms with Crippen molar-refractivity contribution in [2.24, 2.45) is 17.6 Å². The van der Waals surface area contributed by atoms with Crippen LogP contribution < -0.4 is 21.3 Å². The molecule has 0 radical (unpaired) electrons. The number of fused-ring (bicyclic) bond motifs is 3. The molecule has 0 bridgehead atoms. The van der Waals surface area contributed by atoms with E-state index >= 15 is 0 Å². The standard InChI is InChI=1S/C30H32BrN5O8/c1-35(2)18-11-17(34-29(43)33-14-7-5-13(31)6-8-14)23(37)20-15(18)9-12-10-16-22(36(3)4)25(39)21(28(32)42)27(41)30(16,44)26(40)19(12)24(20)38/h5-8,11-12,16,22,37-38,41,44H,9-10H2,1-4H3,(H2,32,42)(H2,33,34,43)/t12-,16-,22-,30-/m0/s1. The van der Waals surface area contributed by atoms with Gasteiger partial charge in [0.25, 0.3) is 5.91 Å². The highest BCUT2D eigenvalue weighted by Gasteiger charge is 2.64. The van der Waals surface area contributed by atoms with E-state index in [1.807, 2.05) is 0 Å². The SMILES string of the molecule is CN(C)c1cc(NC(=O)Nc2ccc(Br)cc2)c(O)c2c1C[C@H]1C[C@H]3[C@H](N(C)C)C(=O)C(C(N)=O)=C(O)[C@@]3(O)C(=O)C1=C2O. The summed E-state index contributed by atoms with van der Waals surface area (Å²) in [6.45, 7) is 0. The van der Waals surface area contributed by atoms with Gasteiger partial charge in [0, 0.05) is 41.4 Å². The number of anilines is 3. The Kier molecular flexibility index (Phi) is 7.72. The predicted molar refractivity (Wildman–Crippen MR) is 165 cm³/mol. The molecule has 14 heteroatoms. The molecule has 1 saturated carbocycles. The Morgan fingerprint density at radius 1 is 1.05 bits per heavy atom. The van der Waals surface area contributed by atoms with Crippen LogP contribution in [0.2, 0.25) is 0 Å². The Bertz CT molecular complexity index is 1680. The number of nitrogens with one attached hydrogen (secondary N) is 2. The summed E-state index contributed by atoms with van der Waals surface area (Å²) < 4.78 is 0.813. The molecule has 0 aliphatic heterocycles. The first-order valence-corrected chi connectivity index (χ1v) is 14.4. The van der Waals surface area contributed by atoms with E-state index in [0.717, 1.165) is 4.47 Å². The topological polar surface area (TPSA) is 206 Å². The minimum atomic E-state index is -2.75. The van der Waals surface area contributed by atoms with Crippen LogP contribution in [0.4, 0.5) is 21.9 Å². The van der Waals surface area contributed by atoms with E-state index in [1.54, 1.807) is 43.3 Å². The molecular weight excluding hydrogens is 638 g/mol. The summed E-state index contributed by atoms with van der Waals surface area (Å²) in [5.74, 6) is -7.49. The van der Waals surface area contributed by atoms with Crippen molar-refractivity contribution in [2.45, 2.75) is 24.5 Å². The summed E-state index contributed by atoms with van der Waals surface area (Å²) in [6, 6.07) is 6.47. The molecule has 0 spiro atoms. The minimum Gasteiger partial charge on any atom is -0.508 e. The van der Waals surface area contributed by atoms with Crippen molar-refractivity contribution in [3.05, 3.63) is 62.8 Å². The molecule has 3 amide bonds. The smallest absolute Gasteiger partial charge is 0.323 e. The molecule has 44 heavy (non-hydrogen) atoms. The van der Waals surface area contributed by atoms with Crippen LogP contribution in [0.25, 0.3) is 5.76 Å². The van der Waals surface area contributed by atoms with Gasteiger partial charge >= 0.3 is 6.03 Å². The van der Waals surface area contributed by atoms with Gasteiger partial charge in [-0.3, -0.25) is 19.3 Å². The number of nitrogens with zero attached hydrogens (tertiary/aromatic N) is 2. The number of likely N-dealkylation sites (N-methyl/N-ethyl adjacent to an activating group) is 1. The lowest BCUT2D eigenvalue weighted by Gasteiger charge is -2.50. The Labute approximate surface area is 260 Å². The molecule has 3 aliphatic rings. The summed E-state index contributed by atoms with van der Waals surface area (Å²) in [4.78, 5) is 55.5. The molecule has 1 fully saturated rings. The number of carbonyl (C=O) groups excluding carboxylic acids is 4. The number of primary amides is 1. The fourth-order valence-corrected chi connectivity index (χ4v) is 6.87. The second kappa shape index (κ2) is 10.9. The molecule has 4 atom stereocenters. The van der Waals surface area contributed by atoms with Crippen molar-refractivity contribution in [3.63, 3.8) is 0 Å². The van der Waals surface area contributed by atoms with Crippen molar-refractivity contribution in [1.29, 1.82) is 0 Å². The summed E-state index contributed by atoms with van der Waals surface area (Å²) in [6.07, 6.45) is 0.0793. The number of carbonyl (C=O) groups is 4. The number of nitrogens with two attached hydrogens (primary N) is 1. The molecule has 3 aliphatic carbocycles. The average molecular weight is 671 g/mol. The van der Waals surface area contributed by atoms with E-state index in [0.29, 0.717) is 16.9 Å².